The molecular formula is C51H63N9O7. The van der Waals surface area contributed by atoms with E-state index in [0.717, 1.165) is 91.7 Å². The number of amides is 5. The highest BCUT2D eigenvalue weighted by Crippen LogP contribution is 2.60. The lowest BCUT2D eigenvalue weighted by Crippen LogP contribution is -2.51. The van der Waals surface area contributed by atoms with Crippen molar-refractivity contribution in [3.63, 3.8) is 0 Å². The van der Waals surface area contributed by atoms with Crippen LogP contribution < -0.4 is 10.6 Å². The Labute approximate surface area is 391 Å². The Hall–Kier alpha value is -6.19. The second kappa shape index (κ2) is 17.5. The van der Waals surface area contributed by atoms with Crippen molar-refractivity contribution in [3.8, 4) is 33.6 Å². The maximum Gasteiger partial charge on any atom is 0.407 e. The van der Waals surface area contributed by atoms with E-state index in [-0.39, 0.29) is 53.6 Å². The molecule has 16 heteroatoms. The molecule has 0 spiro atoms. The summed E-state index contributed by atoms with van der Waals surface area (Å²) in [5.74, 6) is 1.60. The predicted octanol–water partition coefficient (Wildman–Crippen LogP) is 7.98. The molecule has 11 rings (SSSR count). The van der Waals surface area contributed by atoms with Crippen LogP contribution in [0.3, 0.4) is 0 Å². The van der Waals surface area contributed by atoms with Gasteiger partial charge in [-0.3, -0.25) is 14.4 Å². The van der Waals surface area contributed by atoms with Crippen molar-refractivity contribution >= 4 is 29.9 Å². The molecule has 4 N–H and O–H groups in total. The summed E-state index contributed by atoms with van der Waals surface area (Å²) >= 11 is 0. The predicted molar refractivity (Wildman–Crippen MR) is 250 cm³/mol. The lowest BCUT2D eigenvalue weighted by Gasteiger charge is -2.46. The van der Waals surface area contributed by atoms with E-state index >= 15 is 0 Å². The topological polar surface area (TPSA) is 195 Å². The first-order chi connectivity index (χ1) is 32.3. The van der Waals surface area contributed by atoms with Crippen LogP contribution >= 0.6 is 0 Å². The van der Waals surface area contributed by atoms with E-state index in [1.807, 2.05) is 61.8 Å². The second-order valence-electron chi connectivity index (χ2n) is 20.2. The lowest BCUT2D eigenvalue weighted by atomic mass is 9.69. The smallest absolute Gasteiger partial charge is 0.407 e. The number of rotatable bonds is 11. The Morgan fingerprint density at radius 1 is 0.627 bits per heavy atom. The van der Waals surface area contributed by atoms with Crippen LogP contribution in [0.25, 0.3) is 33.6 Å². The average Bonchev–Trinajstić information content (AvgIpc) is 4.20. The zero-order valence-corrected chi connectivity index (χ0v) is 39.6. The van der Waals surface area contributed by atoms with Crippen molar-refractivity contribution in [2.45, 2.75) is 133 Å². The summed E-state index contributed by atoms with van der Waals surface area (Å²) in [6.45, 7) is 8.80. The number of imidazole rings is 2. The molecule has 3 aliphatic carbocycles. The first-order valence-corrected chi connectivity index (χ1v) is 24.3. The zero-order valence-electron chi connectivity index (χ0n) is 39.6. The number of aromatic amines is 2. The molecule has 2 aromatic carbocycles. The van der Waals surface area contributed by atoms with Gasteiger partial charge in [-0.15, -0.1) is 0 Å². The molecule has 354 valence electrons. The third-order valence-corrected chi connectivity index (χ3v) is 15.9. The molecule has 67 heavy (non-hydrogen) atoms. The number of aromatic nitrogens is 4. The fourth-order valence-electron chi connectivity index (χ4n) is 12.7. The first kappa shape index (κ1) is 44.6. The van der Waals surface area contributed by atoms with E-state index in [9.17, 15) is 24.0 Å². The van der Waals surface area contributed by atoms with Gasteiger partial charge in [0, 0.05) is 31.3 Å². The van der Waals surface area contributed by atoms with Gasteiger partial charge in [0.15, 0.2) is 0 Å². The van der Waals surface area contributed by atoms with Gasteiger partial charge >= 0.3 is 12.2 Å². The van der Waals surface area contributed by atoms with Crippen LogP contribution in [-0.4, -0.2) is 111 Å². The molecule has 0 radical (unpaired) electrons. The number of ether oxygens (including phenoxy) is 2. The Morgan fingerprint density at radius 2 is 1.09 bits per heavy atom. The number of H-pyrrole nitrogens is 2. The lowest BCUT2D eigenvalue weighted by molar-refractivity contribution is -0.138. The molecule has 16 nitrogen and oxygen atoms in total. The van der Waals surface area contributed by atoms with E-state index in [1.165, 1.54) is 42.0 Å². The number of carbonyl (C=O) groups excluding carboxylic acids is 5. The van der Waals surface area contributed by atoms with Gasteiger partial charge in [0.1, 0.15) is 23.7 Å². The summed E-state index contributed by atoms with van der Waals surface area (Å²) in [5, 5.41) is 5.49. The summed E-state index contributed by atoms with van der Waals surface area (Å²) in [6, 6.07) is 6.93. The number of carbonyl (C=O) groups is 5. The van der Waals surface area contributed by atoms with Crippen LogP contribution in [0.2, 0.25) is 0 Å². The number of piperidine rings is 1. The third-order valence-electron chi connectivity index (χ3n) is 15.9. The van der Waals surface area contributed by atoms with E-state index in [0.29, 0.717) is 30.7 Å². The highest BCUT2D eigenvalue weighted by atomic mass is 16.5. The van der Waals surface area contributed by atoms with E-state index in [1.54, 1.807) is 0 Å². The molecule has 4 bridgehead atoms. The van der Waals surface area contributed by atoms with Crippen molar-refractivity contribution in [1.82, 2.24) is 45.3 Å². The van der Waals surface area contributed by atoms with Crippen molar-refractivity contribution in [2.24, 2.45) is 11.8 Å². The number of nitrogens with zero attached hydrogens (tertiary/aromatic N) is 5. The van der Waals surface area contributed by atoms with Crippen LogP contribution in [0.5, 0.6) is 0 Å². The van der Waals surface area contributed by atoms with E-state index in [4.69, 9.17) is 19.4 Å². The molecule has 2 aromatic heterocycles. The number of likely N-dealkylation sites (tertiary alicyclic amines) is 2. The average molecular weight is 914 g/mol. The highest BCUT2D eigenvalue weighted by Gasteiger charge is 2.48. The van der Waals surface area contributed by atoms with Crippen LogP contribution in [0.15, 0.2) is 36.7 Å². The quantitative estimate of drug-likeness (QED) is 0.115. The fourth-order valence-corrected chi connectivity index (χ4v) is 12.7. The summed E-state index contributed by atoms with van der Waals surface area (Å²) in [4.78, 5) is 89.0. The number of nitrogens with one attached hydrogen (secondary N) is 4. The maximum absolute atomic E-state index is 14.1. The molecule has 5 unspecified atom stereocenters. The number of alkyl carbamates (subject to hydrolysis) is 2. The van der Waals surface area contributed by atoms with Gasteiger partial charge in [-0.1, -0.05) is 52.0 Å². The van der Waals surface area contributed by atoms with Crippen LogP contribution in [0.1, 0.15) is 155 Å². The number of benzene rings is 2. The second-order valence-corrected chi connectivity index (χ2v) is 20.2. The first-order valence-electron chi connectivity index (χ1n) is 24.3. The molecule has 5 amide bonds. The largest absolute Gasteiger partial charge is 0.453 e. The highest BCUT2D eigenvalue weighted by molar-refractivity contribution is 5.94. The zero-order chi connectivity index (χ0) is 47.0. The normalized spacial score (nSPS) is 24.6. The molecule has 4 aliphatic heterocycles. The van der Waals surface area contributed by atoms with Crippen molar-refractivity contribution in [2.75, 3.05) is 34.4 Å². The third kappa shape index (κ3) is 7.45. The van der Waals surface area contributed by atoms with Gasteiger partial charge in [0.05, 0.1) is 62.0 Å². The minimum atomic E-state index is -0.731. The number of fused-ring (bicyclic) bond motifs is 7. The summed E-state index contributed by atoms with van der Waals surface area (Å²) < 4.78 is 9.68. The molecule has 1 saturated carbocycles. The SMILES string of the molecule is COC(=O)NC(C(=O)N1CCC[C@H]1c1ncc(-c2ccc(-c3ccc(-c4cnc([C@@H]5CCCN5C(=O)[C@@H](NC(=O)OC)C(C)C)[nH]4)c4c3C3CCC4C3)c3c2C2CCC3N(C)C2=O)[nH]1)C(C)C. The number of methoxy groups -OCH3 is 2. The Morgan fingerprint density at radius 3 is 1.58 bits per heavy atom. The molecule has 8 atom stereocenters. The van der Waals surface area contributed by atoms with E-state index in [2.05, 4.69) is 44.9 Å². The molecule has 6 heterocycles. The standard InChI is InChI=1S/C51H63N9O7/c1-25(2)43(56-50(64)66-6)48(62)59-20-8-10-37(59)45-52-23-34(54-45)31-16-14-29(39-27-12-13-28(22-27)40(31)39)30-15-17-32(41-33-18-19-36(42(30)41)58(5)47(33)61)35-24-53-46(55-35)38-11-9-21-60(38)49(63)44(26(3)4)57-51(65)67-7/h14-17,23-28,33,36-38,43-44H,8-13,18-22H2,1-7H3,(H,52,54)(H,53,55)(H,56,64)(H,57,65)/t27?,28?,33?,36?,37-,38-,43-,44?/m0/s1. The van der Waals surface area contributed by atoms with Crippen LogP contribution in [-0.2, 0) is 23.9 Å². The molecule has 3 saturated heterocycles. The Kier molecular flexibility index (Phi) is 11.6. The van der Waals surface area contributed by atoms with Gasteiger partial charge in [-0.05, 0) is 115 Å². The van der Waals surface area contributed by atoms with Crippen molar-refractivity contribution in [3.05, 3.63) is 70.6 Å². The molecular weight excluding hydrogens is 851 g/mol. The summed E-state index contributed by atoms with van der Waals surface area (Å²) in [7, 11) is 4.54. The number of likely N-dealkylation sites (N-methyl/N-ethyl adjacent to an activating group) is 1. The van der Waals surface area contributed by atoms with Crippen LogP contribution in [0.4, 0.5) is 9.59 Å². The maximum atomic E-state index is 14.1. The Balaban J connectivity index is 0.994. The number of hydrogen-bond acceptors (Lipinski definition) is 9. The van der Waals surface area contributed by atoms with Gasteiger partial charge in [0.25, 0.3) is 0 Å². The minimum absolute atomic E-state index is 0.0673. The van der Waals surface area contributed by atoms with E-state index < -0.39 is 24.3 Å². The molecule has 7 aliphatic rings. The summed E-state index contributed by atoms with van der Waals surface area (Å²) in [5.41, 5.74) is 11.4. The number of hydrogen-bond donors (Lipinski definition) is 4. The van der Waals surface area contributed by atoms with Gasteiger partial charge in [-0.25, -0.2) is 19.6 Å². The van der Waals surface area contributed by atoms with Crippen LogP contribution in [0, 0.1) is 11.8 Å². The van der Waals surface area contributed by atoms with Gasteiger partial charge in [0.2, 0.25) is 17.7 Å². The van der Waals surface area contributed by atoms with Gasteiger partial charge < -0.3 is 44.8 Å². The molecule has 4 aromatic rings. The van der Waals surface area contributed by atoms with Crippen molar-refractivity contribution < 1.29 is 33.4 Å². The van der Waals surface area contributed by atoms with Gasteiger partial charge in [-0.2, -0.15) is 0 Å². The summed E-state index contributed by atoms with van der Waals surface area (Å²) in [6.07, 6.45) is 10.7. The molecule has 4 fully saturated rings. The fraction of sp³-hybridized carbons (Fsp3) is 0.549. The van der Waals surface area contributed by atoms with Crippen molar-refractivity contribution in [1.29, 1.82) is 0 Å². The monoisotopic (exact) mass is 913 g/mol. The Bertz CT molecular complexity index is 2630. The minimum Gasteiger partial charge on any atom is -0.453 e.